The highest BCUT2D eigenvalue weighted by Gasteiger charge is 2.36. The lowest BCUT2D eigenvalue weighted by molar-refractivity contribution is -0.0379. The Morgan fingerprint density at radius 2 is 1.97 bits per heavy atom. The van der Waals surface area contributed by atoms with E-state index in [9.17, 15) is 5.11 Å². The van der Waals surface area contributed by atoms with Gasteiger partial charge < -0.3 is 34.5 Å². The van der Waals surface area contributed by atoms with Crippen molar-refractivity contribution in [3.8, 4) is 5.75 Å². The fourth-order valence-electron chi connectivity index (χ4n) is 4.58. The second-order valence-electron chi connectivity index (χ2n) is 8.59. The summed E-state index contributed by atoms with van der Waals surface area (Å²) in [6.45, 7) is 3.33. The number of morpholine rings is 1. The van der Waals surface area contributed by atoms with Crippen LogP contribution in [0.3, 0.4) is 0 Å². The van der Waals surface area contributed by atoms with Gasteiger partial charge in [-0.25, -0.2) is 15.0 Å². The van der Waals surface area contributed by atoms with E-state index in [2.05, 4.69) is 20.9 Å². The van der Waals surface area contributed by atoms with Gasteiger partial charge in [-0.2, -0.15) is 0 Å². The van der Waals surface area contributed by atoms with Crippen LogP contribution in [0.1, 0.15) is 12.6 Å². The zero-order valence-electron chi connectivity index (χ0n) is 18.6. The van der Waals surface area contributed by atoms with Gasteiger partial charge in [0.05, 0.1) is 30.2 Å². The highest BCUT2D eigenvalue weighted by molar-refractivity contribution is 5.86. The lowest BCUT2D eigenvalue weighted by Gasteiger charge is -2.27. The predicted molar refractivity (Wildman–Crippen MR) is 127 cm³/mol. The SMILES string of the molecule is Nc1ncnc2c1ccn2[C@H]1C[C@H](O)[C@@H](COc2ccc3ccc(N4CCOCC4)nc3c2)O1. The van der Waals surface area contributed by atoms with Crippen molar-refractivity contribution in [2.24, 2.45) is 0 Å². The average Bonchev–Trinajstić information content (AvgIpc) is 3.47. The molecule has 2 aliphatic rings. The maximum absolute atomic E-state index is 10.6. The van der Waals surface area contributed by atoms with Gasteiger partial charge in [-0.3, -0.25) is 0 Å². The maximum atomic E-state index is 10.6. The van der Waals surface area contributed by atoms with E-state index in [1.54, 1.807) is 0 Å². The summed E-state index contributed by atoms with van der Waals surface area (Å²) in [6.07, 6.45) is 2.24. The van der Waals surface area contributed by atoms with Crippen LogP contribution in [0.5, 0.6) is 5.75 Å². The Hall–Kier alpha value is -3.47. The number of nitrogen functional groups attached to an aromatic ring is 1. The summed E-state index contributed by atoms with van der Waals surface area (Å²) < 4.78 is 19.5. The molecule has 4 aromatic rings. The Morgan fingerprint density at radius 3 is 2.85 bits per heavy atom. The molecule has 0 amide bonds. The van der Waals surface area contributed by atoms with Crippen molar-refractivity contribution in [1.29, 1.82) is 0 Å². The summed E-state index contributed by atoms with van der Waals surface area (Å²) in [5.74, 6) is 2.04. The zero-order valence-corrected chi connectivity index (χ0v) is 18.6. The van der Waals surface area contributed by atoms with E-state index in [1.807, 2.05) is 41.1 Å². The number of pyridine rings is 1. The summed E-state index contributed by atoms with van der Waals surface area (Å²) >= 11 is 0. The summed E-state index contributed by atoms with van der Waals surface area (Å²) in [5.41, 5.74) is 7.49. The van der Waals surface area contributed by atoms with Gasteiger partial charge in [-0.1, -0.05) is 0 Å². The number of hydrogen-bond donors (Lipinski definition) is 2. The third-order valence-corrected chi connectivity index (χ3v) is 6.45. The van der Waals surface area contributed by atoms with E-state index in [0.29, 0.717) is 36.8 Å². The van der Waals surface area contributed by atoms with Crippen molar-refractivity contribution in [1.82, 2.24) is 19.5 Å². The molecule has 176 valence electrons. The molecule has 0 bridgehead atoms. The minimum absolute atomic E-state index is 0.225. The molecular weight excluding hydrogens is 436 g/mol. The van der Waals surface area contributed by atoms with Crippen LogP contribution < -0.4 is 15.4 Å². The number of hydrogen-bond acceptors (Lipinski definition) is 9. The molecule has 0 saturated carbocycles. The largest absolute Gasteiger partial charge is 0.491 e. The lowest BCUT2D eigenvalue weighted by atomic mass is 10.2. The molecule has 10 nitrogen and oxygen atoms in total. The molecule has 0 radical (unpaired) electrons. The van der Waals surface area contributed by atoms with Crippen LogP contribution in [-0.4, -0.2) is 69.7 Å². The molecule has 6 rings (SSSR count). The number of benzene rings is 1. The molecule has 1 aromatic carbocycles. The Morgan fingerprint density at radius 1 is 1.12 bits per heavy atom. The highest BCUT2D eigenvalue weighted by Crippen LogP contribution is 2.33. The van der Waals surface area contributed by atoms with Crippen LogP contribution in [0.2, 0.25) is 0 Å². The van der Waals surface area contributed by atoms with Gasteiger partial charge >= 0.3 is 0 Å². The fourth-order valence-corrected chi connectivity index (χ4v) is 4.58. The fraction of sp³-hybridized carbons (Fsp3) is 0.375. The van der Waals surface area contributed by atoms with E-state index in [4.69, 9.17) is 24.9 Å². The van der Waals surface area contributed by atoms with E-state index < -0.39 is 12.2 Å². The molecular formula is C24H26N6O4. The molecule has 2 aliphatic heterocycles. The number of ether oxygens (including phenoxy) is 3. The van der Waals surface area contributed by atoms with Gasteiger partial charge in [0.2, 0.25) is 0 Å². The summed E-state index contributed by atoms with van der Waals surface area (Å²) in [4.78, 5) is 15.4. The van der Waals surface area contributed by atoms with Crippen LogP contribution in [0.15, 0.2) is 48.9 Å². The third-order valence-electron chi connectivity index (χ3n) is 6.45. The van der Waals surface area contributed by atoms with Crippen molar-refractivity contribution in [2.45, 2.75) is 24.9 Å². The normalized spacial score (nSPS) is 23.1. The zero-order chi connectivity index (χ0) is 23.1. The van der Waals surface area contributed by atoms with Crippen LogP contribution in [0, 0.1) is 0 Å². The van der Waals surface area contributed by atoms with Crippen molar-refractivity contribution < 1.29 is 19.3 Å². The second kappa shape index (κ2) is 8.71. The van der Waals surface area contributed by atoms with E-state index in [-0.39, 0.29) is 12.8 Å². The summed E-state index contributed by atoms with van der Waals surface area (Å²) in [5, 5.41) is 12.4. The quantitative estimate of drug-likeness (QED) is 0.459. The summed E-state index contributed by atoms with van der Waals surface area (Å²) in [6, 6.07) is 11.8. The lowest BCUT2D eigenvalue weighted by Crippen LogP contribution is -2.36. The number of aliphatic hydroxyl groups excluding tert-OH is 1. The van der Waals surface area contributed by atoms with Crippen LogP contribution in [0.4, 0.5) is 11.6 Å². The summed E-state index contributed by atoms with van der Waals surface area (Å²) in [7, 11) is 0. The maximum Gasteiger partial charge on any atom is 0.147 e. The first-order valence-electron chi connectivity index (χ1n) is 11.4. The van der Waals surface area contributed by atoms with Crippen LogP contribution in [0.25, 0.3) is 21.9 Å². The van der Waals surface area contributed by atoms with Crippen LogP contribution in [-0.2, 0) is 9.47 Å². The standard InChI is InChI=1S/C24H26N6O4/c25-23-17-5-6-30(24(17)27-14-26-23)22-12-19(31)20(34-22)13-33-16-3-1-15-2-4-21(28-18(15)11-16)29-7-9-32-10-8-29/h1-6,11,14,19-20,22,31H,7-10,12-13H2,(H2,25,26,27)/t19-,20+,22+/m0/s1. The molecule has 0 aliphatic carbocycles. The first-order chi connectivity index (χ1) is 16.7. The number of fused-ring (bicyclic) bond motifs is 2. The van der Waals surface area contributed by atoms with Crippen molar-refractivity contribution in [2.75, 3.05) is 43.5 Å². The van der Waals surface area contributed by atoms with Crippen LogP contribution >= 0.6 is 0 Å². The molecule has 0 unspecified atom stereocenters. The Balaban J connectivity index is 1.15. The van der Waals surface area contributed by atoms with Crippen molar-refractivity contribution in [3.63, 3.8) is 0 Å². The number of rotatable bonds is 5. The monoisotopic (exact) mass is 462 g/mol. The van der Waals surface area contributed by atoms with Gasteiger partial charge in [0, 0.05) is 37.2 Å². The number of anilines is 2. The third kappa shape index (κ3) is 3.89. The highest BCUT2D eigenvalue weighted by atomic mass is 16.6. The Kier molecular flexibility index (Phi) is 5.40. The smallest absolute Gasteiger partial charge is 0.147 e. The van der Waals surface area contributed by atoms with E-state index in [1.165, 1.54) is 6.33 Å². The van der Waals surface area contributed by atoms with Gasteiger partial charge in [0.25, 0.3) is 0 Å². The topological polar surface area (TPSA) is 121 Å². The number of aromatic nitrogens is 4. The molecule has 3 N–H and O–H groups in total. The second-order valence-corrected chi connectivity index (χ2v) is 8.59. The van der Waals surface area contributed by atoms with Crippen molar-refractivity contribution >= 4 is 33.6 Å². The minimum Gasteiger partial charge on any atom is -0.491 e. The van der Waals surface area contributed by atoms with Crippen molar-refractivity contribution in [3.05, 3.63) is 48.9 Å². The van der Waals surface area contributed by atoms with Gasteiger partial charge in [0.1, 0.15) is 48.3 Å². The molecule has 3 aromatic heterocycles. The first-order valence-corrected chi connectivity index (χ1v) is 11.4. The molecule has 34 heavy (non-hydrogen) atoms. The molecule has 2 saturated heterocycles. The predicted octanol–water partition coefficient (Wildman–Crippen LogP) is 2.13. The minimum atomic E-state index is -0.659. The van der Waals surface area contributed by atoms with Gasteiger partial charge in [-0.15, -0.1) is 0 Å². The number of nitrogens with zero attached hydrogens (tertiary/aromatic N) is 5. The van der Waals surface area contributed by atoms with E-state index in [0.717, 1.165) is 35.2 Å². The number of nitrogens with two attached hydrogens (primary N) is 1. The molecule has 3 atom stereocenters. The first kappa shape index (κ1) is 21.1. The molecule has 10 heteroatoms. The van der Waals surface area contributed by atoms with Gasteiger partial charge in [0.15, 0.2) is 0 Å². The van der Waals surface area contributed by atoms with E-state index >= 15 is 0 Å². The number of aliphatic hydroxyl groups is 1. The average molecular weight is 463 g/mol. The van der Waals surface area contributed by atoms with Gasteiger partial charge in [-0.05, 0) is 30.3 Å². The molecule has 2 fully saturated rings. The molecule has 0 spiro atoms. The molecule has 5 heterocycles. The Bertz CT molecular complexity index is 1320. The Labute approximate surface area is 195 Å².